The number of amides is 1. The van der Waals surface area contributed by atoms with Crippen LogP contribution < -0.4 is 5.32 Å². The Kier molecular flexibility index (Phi) is 5.75. The number of carbonyl (C=O) groups excluding carboxylic acids is 2. The second-order valence-electron chi connectivity index (χ2n) is 6.53. The molecule has 8 heteroatoms. The number of aromatic nitrogens is 2. The van der Waals surface area contributed by atoms with Crippen LogP contribution in [0.2, 0.25) is 0 Å². The predicted molar refractivity (Wildman–Crippen MR) is 96.1 cm³/mol. The molecule has 0 saturated carbocycles. The van der Waals surface area contributed by atoms with Crippen LogP contribution in [0.25, 0.3) is 0 Å². The lowest BCUT2D eigenvalue weighted by Gasteiger charge is -2.31. The summed E-state index contributed by atoms with van der Waals surface area (Å²) in [5.41, 5.74) is 1.28. The number of ketones is 1. The molecule has 0 aliphatic carbocycles. The molecule has 1 aromatic heterocycles. The number of piperazine rings is 1. The van der Waals surface area contributed by atoms with Crippen molar-refractivity contribution in [3.63, 3.8) is 0 Å². The van der Waals surface area contributed by atoms with Gasteiger partial charge < -0.3 is 14.7 Å². The minimum Gasteiger partial charge on any atom is -0.340 e. The number of Topliss-reactive ketones (excluding diaryl/α,β-unsaturated/α-hetero) is 1. The lowest BCUT2D eigenvalue weighted by molar-refractivity contribution is -0.115. The van der Waals surface area contributed by atoms with Crippen molar-refractivity contribution in [1.29, 1.82) is 0 Å². The highest BCUT2D eigenvalue weighted by atomic mass is 16.5. The number of carbonyl (C=O) groups is 2. The molecule has 26 heavy (non-hydrogen) atoms. The summed E-state index contributed by atoms with van der Waals surface area (Å²) in [6.45, 7) is 5.89. The molecule has 0 spiro atoms. The Labute approximate surface area is 152 Å². The monoisotopic (exact) mass is 357 g/mol. The van der Waals surface area contributed by atoms with Crippen LogP contribution in [-0.4, -0.2) is 71.4 Å². The van der Waals surface area contributed by atoms with Crippen LogP contribution in [0.3, 0.4) is 0 Å². The molecule has 138 valence electrons. The van der Waals surface area contributed by atoms with Gasteiger partial charge in [0.2, 0.25) is 11.8 Å². The number of nitrogens with one attached hydrogen (secondary N) is 1. The predicted octanol–water partition coefficient (Wildman–Crippen LogP) is 0.989. The minimum absolute atomic E-state index is 0.0431. The summed E-state index contributed by atoms with van der Waals surface area (Å²) >= 11 is 0. The molecule has 1 aromatic carbocycles. The van der Waals surface area contributed by atoms with Crippen LogP contribution in [0.1, 0.15) is 22.1 Å². The fourth-order valence-electron chi connectivity index (χ4n) is 2.80. The van der Waals surface area contributed by atoms with Gasteiger partial charge in [-0.05, 0) is 31.3 Å². The third kappa shape index (κ3) is 4.96. The summed E-state index contributed by atoms with van der Waals surface area (Å²) in [5.74, 6) is 0.631. The van der Waals surface area contributed by atoms with Crippen LogP contribution in [-0.2, 0) is 11.2 Å². The summed E-state index contributed by atoms with van der Waals surface area (Å²) in [6, 6.07) is 6.95. The third-order valence-electron chi connectivity index (χ3n) is 4.34. The molecular weight excluding hydrogens is 334 g/mol. The maximum atomic E-state index is 12.4. The number of nitrogens with zero attached hydrogens (tertiary/aromatic N) is 4. The highest BCUT2D eigenvalue weighted by molar-refractivity contribution is 5.98. The van der Waals surface area contributed by atoms with E-state index in [2.05, 4.69) is 32.3 Å². The zero-order chi connectivity index (χ0) is 18.5. The number of hydrogen-bond donors (Lipinski definition) is 1. The summed E-state index contributed by atoms with van der Waals surface area (Å²) in [6.07, 6.45) is 0.0431. The van der Waals surface area contributed by atoms with Gasteiger partial charge in [-0.3, -0.25) is 14.5 Å². The SMILES string of the molecule is Cc1nc(CC(=O)Nc2ccc(C(=O)CN3CCN(C)CC3)cc2)no1. The van der Waals surface area contributed by atoms with Gasteiger partial charge in [-0.15, -0.1) is 0 Å². The van der Waals surface area contributed by atoms with Crippen molar-refractivity contribution in [3.8, 4) is 0 Å². The minimum atomic E-state index is -0.234. The number of aryl methyl sites for hydroxylation is 1. The first-order chi connectivity index (χ1) is 12.5. The molecule has 1 amide bonds. The van der Waals surface area contributed by atoms with Crippen LogP contribution in [0.5, 0.6) is 0 Å². The molecule has 1 aliphatic rings. The molecule has 1 fully saturated rings. The third-order valence-corrected chi connectivity index (χ3v) is 4.34. The Balaban J connectivity index is 1.51. The molecule has 8 nitrogen and oxygen atoms in total. The van der Waals surface area contributed by atoms with E-state index in [0.29, 0.717) is 29.5 Å². The van der Waals surface area contributed by atoms with E-state index in [0.717, 1.165) is 26.2 Å². The van der Waals surface area contributed by atoms with E-state index in [1.165, 1.54) is 0 Å². The molecule has 2 aromatic rings. The fraction of sp³-hybridized carbons (Fsp3) is 0.444. The smallest absolute Gasteiger partial charge is 0.232 e. The van der Waals surface area contributed by atoms with Gasteiger partial charge in [0, 0.05) is 44.4 Å². The van der Waals surface area contributed by atoms with E-state index in [4.69, 9.17) is 4.52 Å². The summed E-state index contributed by atoms with van der Waals surface area (Å²) < 4.78 is 4.84. The molecule has 0 unspecified atom stereocenters. The van der Waals surface area contributed by atoms with E-state index in [-0.39, 0.29) is 18.1 Å². The summed E-state index contributed by atoms with van der Waals surface area (Å²) in [5, 5.41) is 6.46. The van der Waals surface area contributed by atoms with Gasteiger partial charge in [0.05, 0.1) is 13.0 Å². The van der Waals surface area contributed by atoms with Gasteiger partial charge in [0.25, 0.3) is 0 Å². The Morgan fingerprint density at radius 2 is 1.85 bits per heavy atom. The molecule has 0 atom stereocenters. The van der Waals surface area contributed by atoms with Gasteiger partial charge in [0.15, 0.2) is 11.6 Å². The maximum Gasteiger partial charge on any atom is 0.232 e. The highest BCUT2D eigenvalue weighted by Gasteiger charge is 2.17. The zero-order valence-electron chi connectivity index (χ0n) is 15.1. The van der Waals surface area contributed by atoms with Crippen LogP contribution in [0, 0.1) is 6.92 Å². The van der Waals surface area contributed by atoms with Gasteiger partial charge in [-0.2, -0.15) is 4.98 Å². The number of benzene rings is 1. The van der Waals surface area contributed by atoms with E-state index >= 15 is 0 Å². The quantitative estimate of drug-likeness (QED) is 0.771. The molecule has 1 aliphatic heterocycles. The molecule has 2 heterocycles. The Bertz CT molecular complexity index is 763. The second-order valence-corrected chi connectivity index (χ2v) is 6.53. The maximum absolute atomic E-state index is 12.4. The molecule has 3 rings (SSSR count). The number of hydrogen-bond acceptors (Lipinski definition) is 7. The Hall–Kier alpha value is -2.58. The van der Waals surface area contributed by atoms with Crippen LogP contribution in [0.4, 0.5) is 5.69 Å². The first kappa shape index (κ1) is 18.2. The van der Waals surface area contributed by atoms with E-state index in [1.807, 2.05) is 0 Å². The zero-order valence-corrected chi connectivity index (χ0v) is 15.1. The number of likely N-dealkylation sites (N-methyl/N-ethyl adjacent to an activating group) is 1. The number of rotatable bonds is 6. The average molecular weight is 357 g/mol. The molecular formula is C18H23N5O3. The topological polar surface area (TPSA) is 91.6 Å². The van der Waals surface area contributed by atoms with Crippen LogP contribution in [0.15, 0.2) is 28.8 Å². The standard InChI is InChI=1S/C18H23N5O3/c1-13-19-17(21-26-13)11-18(25)20-15-5-3-14(4-6-15)16(24)12-23-9-7-22(2)8-10-23/h3-6H,7-12H2,1-2H3,(H,20,25). The van der Waals surface area contributed by atoms with Crippen molar-refractivity contribution < 1.29 is 14.1 Å². The Morgan fingerprint density at radius 1 is 1.15 bits per heavy atom. The van der Waals surface area contributed by atoms with Crippen LogP contribution >= 0.6 is 0 Å². The summed E-state index contributed by atoms with van der Waals surface area (Å²) in [4.78, 5) is 32.8. The second kappa shape index (κ2) is 8.20. The van der Waals surface area contributed by atoms with E-state index in [9.17, 15) is 9.59 Å². The molecule has 0 radical (unpaired) electrons. The van der Waals surface area contributed by atoms with Crippen molar-refractivity contribution >= 4 is 17.4 Å². The Morgan fingerprint density at radius 3 is 2.46 bits per heavy atom. The lowest BCUT2D eigenvalue weighted by atomic mass is 10.1. The van der Waals surface area contributed by atoms with Gasteiger partial charge in [0.1, 0.15) is 0 Å². The van der Waals surface area contributed by atoms with Crippen molar-refractivity contribution in [2.75, 3.05) is 45.1 Å². The average Bonchev–Trinajstić information content (AvgIpc) is 3.02. The first-order valence-electron chi connectivity index (χ1n) is 8.63. The largest absolute Gasteiger partial charge is 0.340 e. The van der Waals surface area contributed by atoms with E-state index in [1.54, 1.807) is 31.2 Å². The van der Waals surface area contributed by atoms with Crippen molar-refractivity contribution in [1.82, 2.24) is 19.9 Å². The van der Waals surface area contributed by atoms with Gasteiger partial charge in [-0.1, -0.05) is 5.16 Å². The van der Waals surface area contributed by atoms with Crippen molar-refractivity contribution in [3.05, 3.63) is 41.5 Å². The number of anilines is 1. The molecule has 0 bridgehead atoms. The fourth-order valence-corrected chi connectivity index (χ4v) is 2.80. The summed E-state index contributed by atoms with van der Waals surface area (Å²) in [7, 11) is 2.09. The van der Waals surface area contributed by atoms with Crippen molar-refractivity contribution in [2.45, 2.75) is 13.3 Å². The first-order valence-corrected chi connectivity index (χ1v) is 8.63. The van der Waals surface area contributed by atoms with E-state index < -0.39 is 0 Å². The van der Waals surface area contributed by atoms with Crippen molar-refractivity contribution in [2.24, 2.45) is 0 Å². The van der Waals surface area contributed by atoms with Gasteiger partial charge in [-0.25, -0.2) is 0 Å². The van der Waals surface area contributed by atoms with Gasteiger partial charge >= 0.3 is 0 Å². The highest BCUT2D eigenvalue weighted by Crippen LogP contribution is 2.12. The lowest BCUT2D eigenvalue weighted by Crippen LogP contribution is -2.46. The normalized spacial score (nSPS) is 15.8. The molecule has 1 N–H and O–H groups in total. The molecule has 1 saturated heterocycles.